The van der Waals surface area contributed by atoms with Crippen LogP contribution in [0.15, 0.2) is 23.1 Å². The number of hydrogen-bond acceptors (Lipinski definition) is 2. The van der Waals surface area contributed by atoms with Gasteiger partial charge in [-0.05, 0) is 26.3 Å². The lowest BCUT2D eigenvalue weighted by Gasteiger charge is -2.24. The number of nitrogens with zero attached hydrogens (tertiary/aromatic N) is 1. The van der Waals surface area contributed by atoms with Gasteiger partial charge in [0.15, 0.2) is 0 Å². The van der Waals surface area contributed by atoms with Gasteiger partial charge >= 0.3 is 0 Å². The summed E-state index contributed by atoms with van der Waals surface area (Å²) in [6.45, 7) is 5.90. The van der Waals surface area contributed by atoms with Gasteiger partial charge in [-0.25, -0.2) is 0 Å². The molecule has 1 rings (SSSR count). The Labute approximate surface area is 95.3 Å². The van der Waals surface area contributed by atoms with E-state index in [1.807, 2.05) is 20.8 Å². The van der Waals surface area contributed by atoms with Crippen LogP contribution >= 0.6 is 0 Å². The average Bonchev–Trinajstić information content (AvgIpc) is 2.21. The number of aryl methyl sites for hydroxylation is 1. The van der Waals surface area contributed by atoms with Crippen LogP contribution in [-0.4, -0.2) is 16.0 Å². The van der Waals surface area contributed by atoms with E-state index in [4.69, 9.17) is 0 Å². The monoisotopic (exact) mass is 222 g/mol. The molecule has 0 aromatic carbocycles. The molecule has 0 radical (unpaired) electrons. The largest absolute Gasteiger partial charge is 0.347 e. The van der Waals surface area contributed by atoms with Crippen LogP contribution in [0, 0.1) is 0 Å². The van der Waals surface area contributed by atoms with E-state index < -0.39 is 0 Å². The Morgan fingerprint density at radius 2 is 2.12 bits per heavy atom. The lowest BCUT2D eigenvalue weighted by molar-refractivity contribution is 0.0911. The van der Waals surface area contributed by atoms with Crippen molar-refractivity contribution in [2.24, 2.45) is 7.05 Å². The van der Waals surface area contributed by atoms with Gasteiger partial charge in [0, 0.05) is 30.4 Å². The van der Waals surface area contributed by atoms with E-state index in [1.165, 1.54) is 10.6 Å². The lowest BCUT2D eigenvalue weighted by Crippen LogP contribution is -2.43. The minimum atomic E-state index is -0.252. The number of rotatable bonds is 3. The smallest absolute Gasteiger partial charge is 0.251 e. The average molecular weight is 222 g/mol. The minimum absolute atomic E-state index is 0.179. The normalized spacial score (nSPS) is 11.2. The highest BCUT2D eigenvalue weighted by atomic mass is 16.2. The first-order valence-electron chi connectivity index (χ1n) is 5.35. The first-order valence-corrected chi connectivity index (χ1v) is 5.35. The first kappa shape index (κ1) is 12.5. The fraction of sp³-hybridized carbons (Fsp3) is 0.500. The van der Waals surface area contributed by atoms with Gasteiger partial charge in [-0.15, -0.1) is 0 Å². The Kier molecular flexibility index (Phi) is 3.52. The van der Waals surface area contributed by atoms with Gasteiger partial charge < -0.3 is 9.88 Å². The van der Waals surface area contributed by atoms with Crippen molar-refractivity contribution in [1.29, 1.82) is 0 Å². The van der Waals surface area contributed by atoms with Gasteiger partial charge in [0.2, 0.25) is 0 Å². The maximum Gasteiger partial charge on any atom is 0.251 e. The molecule has 0 saturated heterocycles. The maximum absolute atomic E-state index is 11.8. The van der Waals surface area contributed by atoms with Gasteiger partial charge in [0.25, 0.3) is 11.5 Å². The molecule has 1 amide bonds. The highest BCUT2D eigenvalue weighted by Gasteiger charge is 2.18. The Morgan fingerprint density at radius 1 is 1.50 bits per heavy atom. The Balaban J connectivity index is 2.90. The van der Waals surface area contributed by atoms with E-state index in [9.17, 15) is 9.59 Å². The number of carbonyl (C=O) groups is 1. The Bertz CT molecular complexity index is 447. The molecule has 4 nitrogen and oxygen atoms in total. The third kappa shape index (κ3) is 2.95. The summed E-state index contributed by atoms with van der Waals surface area (Å²) in [6, 6.07) is 2.99. The summed E-state index contributed by atoms with van der Waals surface area (Å²) in [5.41, 5.74) is -0.0235. The number of pyridine rings is 1. The first-order chi connectivity index (χ1) is 7.35. The molecule has 0 aliphatic rings. The molecule has 88 valence electrons. The highest BCUT2D eigenvalue weighted by molar-refractivity contribution is 5.94. The summed E-state index contributed by atoms with van der Waals surface area (Å²) in [4.78, 5) is 23.2. The molecule has 0 aliphatic carbocycles. The molecule has 1 aromatic rings. The molecule has 0 spiro atoms. The maximum atomic E-state index is 11.8. The van der Waals surface area contributed by atoms with Gasteiger partial charge in [-0.2, -0.15) is 0 Å². The number of carbonyl (C=O) groups excluding carboxylic acids is 1. The zero-order valence-electron chi connectivity index (χ0n) is 10.2. The fourth-order valence-electron chi connectivity index (χ4n) is 1.16. The second-order valence-electron chi connectivity index (χ2n) is 4.56. The van der Waals surface area contributed by atoms with Gasteiger partial charge in [-0.1, -0.05) is 6.92 Å². The third-order valence-electron chi connectivity index (χ3n) is 2.70. The molecular weight excluding hydrogens is 204 g/mol. The van der Waals surface area contributed by atoms with Crippen LogP contribution in [0.5, 0.6) is 0 Å². The van der Waals surface area contributed by atoms with Crippen LogP contribution in [0.2, 0.25) is 0 Å². The van der Waals surface area contributed by atoms with Crippen molar-refractivity contribution >= 4 is 5.91 Å². The minimum Gasteiger partial charge on any atom is -0.347 e. The molecule has 1 N–H and O–H groups in total. The standard InChI is InChI=1S/C12H18N2O2/c1-5-12(2,3)13-11(16)9-6-7-14(4)10(15)8-9/h6-8H,5H2,1-4H3,(H,13,16). The van der Waals surface area contributed by atoms with Gasteiger partial charge in [0.1, 0.15) is 0 Å². The molecule has 0 atom stereocenters. The molecule has 0 fully saturated rings. The van der Waals surface area contributed by atoms with Crippen LogP contribution in [0.1, 0.15) is 37.6 Å². The molecule has 0 saturated carbocycles. The summed E-state index contributed by atoms with van der Waals surface area (Å²) in [6.07, 6.45) is 2.43. The summed E-state index contributed by atoms with van der Waals surface area (Å²) in [5, 5.41) is 2.88. The third-order valence-corrected chi connectivity index (χ3v) is 2.70. The van der Waals surface area contributed by atoms with Crippen molar-refractivity contribution in [3.63, 3.8) is 0 Å². The van der Waals surface area contributed by atoms with Crippen molar-refractivity contribution in [3.8, 4) is 0 Å². The summed E-state index contributed by atoms with van der Waals surface area (Å²) in [7, 11) is 1.65. The van der Waals surface area contributed by atoms with E-state index in [0.717, 1.165) is 6.42 Å². The molecule has 0 unspecified atom stereocenters. The van der Waals surface area contributed by atoms with Crippen molar-refractivity contribution in [1.82, 2.24) is 9.88 Å². The molecule has 4 heteroatoms. The van der Waals surface area contributed by atoms with Crippen LogP contribution in [0.4, 0.5) is 0 Å². The highest BCUT2D eigenvalue weighted by Crippen LogP contribution is 2.08. The molecule has 1 heterocycles. The van der Waals surface area contributed by atoms with Crippen molar-refractivity contribution < 1.29 is 4.79 Å². The van der Waals surface area contributed by atoms with E-state index in [1.54, 1.807) is 19.3 Å². The molecular formula is C12H18N2O2. The second-order valence-corrected chi connectivity index (χ2v) is 4.56. The SMILES string of the molecule is CCC(C)(C)NC(=O)c1ccn(C)c(=O)c1. The topological polar surface area (TPSA) is 51.1 Å². The van der Waals surface area contributed by atoms with Gasteiger partial charge in [-0.3, -0.25) is 9.59 Å². The van der Waals surface area contributed by atoms with Crippen LogP contribution in [0.25, 0.3) is 0 Å². The second kappa shape index (κ2) is 4.51. The van der Waals surface area contributed by atoms with Crippen LogP contribution in [0.3, 0.4) is 0 Å². The van der Waals surface area contributed by atoms with E-state index in [-0.39, 0.29) is 17.0 Å². The molecule has 0 aliphatic heterocycles. The molecule has 1 aromatic heterocycles. The van der Waals surface area contributed by atoms with Crippen molar-refractivity contribution in [2.75, 3.05) is 0 Å². The van der Waals surface area contributed by atoms with Gasteiger partial charge in [0.05, 0.1) is 0 Å². The van der Waals surface area contributed by atoms with E-state index >= 15 is 0 Å². The number of aromatic nitrogens is 1. The number of hydrogen-bond donors (Lipinski definition) is 1. The van der Waals surface area contributed by atoms with Crippen molar-refractivity contribution in [3.05, 3.63) is 34.2 Å². The summed E-state index contributed by atoms with van der Waals surface area (Å²) in [5.74, 6) is -0.204. The number of nitrogens with one attached hydrogen (secondary N) is 1. The number of amides is 1. The molecule has 16 heavy (non-hydrogen) atoms. The fourth-order valence-corrected chi connectivity index (χ4v) is 1.16. The predicted molar refractivity (Wildman–Crippen MR) is 63.5 cm³/mol. The quantitative estimate of drug-likeness (QED) is 0.838. The zero-order chi connectivity index (χ0) is 12.3. The lowest BCUT2D eigenvalue weighted by atomic mass is 10.0. The van der Waals surface area contributed by atoms with Crippen LogP contribution in [-0.2, 0) is 7.05 Å². The molecule has 0 bridgehead atoms. The summed E-state index contributed by atoms with van der Waals surface area (Å²) >= 11 is 0. The Hall–Kier alpha value is -1.58. The summed E-state index contributed by atoms with van der Waals surface area (Å²) < 4.78 is 1.43. The van der Waals surface area contributed by atoms with E-state index in [2.05, 4.69) is 5.32 Å². The predicted octanol–water partition coefficient (Wildman–Crippen LogP) is 1.30. The zero-order valence-corrected chi connectivity index (χ0v) is 10.2. The van der Waals surface area contributed by atoms with E-state index in [0.29, 0.717) is 5.56 Å². The van der Waals surface area contributed by atoms with Crippen LogP contribution < -0.4 is 10.9 Å². The Morgan fingerprint density at radius 3 is 2.62 bits per heavy atom. The van der Waals surface area contributed by atoms with Crippen molar-refractivity contribution in [2.45, 2.75) is 32.7 Å².